The molecule has 0 aliphatic carbocycles. The minimum absolute atomic E-state index is 0.370. The van der Waals surface area contributed by atoms with E-state index in [1.807, 2.05) is 36.4 Å². The number of hydrogen-bond donors (Lipinski definition) is 0. The van der Waals surface area contributed by atoms with Gasteiger partial charge >= 0.3 is 6.09 Å². The van der Waals surface area contributed by atoms with Gasteiger partial charge in [-0.2, -0.15) is 0 Å². The van der Waals surface area contributed by atoms with Crippen LogP contribution in [0.1, 0.15) is 12.0 Å². The summed E-state index contributed by atoms with van der Waals surface area (Å²) >= 11 is 0. The van der Waals surface area contributed by atoms with E-state index in [0.29, 0.717) is 30.3 Å². The smallest absolute Gasteiger partial charge is 0.415 e. The fraction of sp³-hybridized carbons (Fsp3) is 0.435. The molecular formula is C23H30N2O5. The third-order valence-electron chi connectivity index (χ3n) is 5.06. The monoisotopic (exact) mass is 414 g/mol. The van der Waals surface area contributed by atoms with Crippen LogP contribution in [0.4, 0.5) is 4.79 Å². The fourth-order valence-electron chi connectivity index (χ4n) is 3.48. The van der Waals surface area contributed by atoms with E-state index in [0.717, 1.165) is 44.8 Å². The van der Waals surface area contributed by atoms with Crippen molar-refractivity contribution < 1.29 is 23.7 Å². The molecule has 0 spiro atoms. The van der Waals surface area contributed by atoms with Crippen LogP contribution in [0.15, 0.2) is 48.5 Å². The molecule has 1 amide bonds. The van der Waals surface area contributed by atoms with Gasteiger partial charge in [0.25, 0.3) is 0 Å². The van der Waals surface area contributed by atoms with Crippen LogP contribution < -0.4 is 14.2 Å². The lowest BCUT2D eigenvalue weighted by atomic mass is 10.1. The Morgan fingerprint density at radius 1 is 1.03 bits per heavy atom. The standard InChI is InChI=1S/C23H30N2O5/c1-27-21-11-6-8-19(22(21)28-2)18-25(13-7-12-24-14-16-29-17-15-24)23(26)30-20-9-4-3-5-10-20/h3-6,8-11H,7,12-18H2,1-2H3. The first-order valence-corrected chi connectivity index (χ1v) is 10.2. The molecule has 0 bridgehead atoms. The van der Waals surface area contributed by atoms with E-state index in [1.54, 1.807) is 31.3 Å². The number of nitrogens with zero attached hydrogens (tertiary/aromatic N) is 2. The fourth-order valence-corrected chi connectivity index (χ4v) is 3.48. The van der Waals surface area contributed by atoms with Gasteiger partial charge < -0.3 is 23.8 Å². The zero-order valence-corrected chi connectivity index (χ0v) is 17.7. The molecule has 0 unspecified atom stereocenters. The van der Waals surface area contributed by atoms with E-state index in [4.69, 9.17) is 18.9 Å². The van der Waals surface area contributed by atoms with Crippen molar-refractivity contribution in [3.8, 4) is 17.2 Å². The highest BCUT2D eigenvalue weighted by atomic mass is 16.6. The molecule has 0 N–H and O–H groups in total. The van der Waals surface area contributed by atoms with Gasteiger partial charge in [0.1, 0.15) is 5.75 Å². The predicted octanol–water partition coefficient (Wildman–Crippen LogP) is 3.43. The van der Waals surface area contributed by atoms with Crippen molar-refractivity contribution in [3.63, 3.8) is 0 Å². The van der Waals surface area contributed by atoms with Crippen molar-refractivity contribution in [2.24, 2.45) is 0 Å². The van der Waals surface area contributed by atoms with Gasteiger partial charge in [0.15, 0.2) is 11.5 Å². The van der Waals surface area contributed by atoms with Gasteiger partial charge in [0.05, 0.1) is 34.0 Å². The predicted molar refractivity (Wildman–Crippen MR) is 114 cm³/mol. The van der Waals surface area contributed by atoms with Gasteiger partial charge in [0, 0.05) is 31.7 Å². The molecule has 1 aliphatic rings. The molecule has 0 aromatic heterocycles. The Bertz CT molecular complexity index is 793. The molecule has 2 aromatic rings. The molecule has 0 radical (unpaired) electrons. The summed E-state index contributed by atoms with van der Waals surface area (Å²) in [6, 6.07) is 14.8. The van der Waals surface area contributed by atoms with E-state index >= 15 is 0 Å². The van der Waals surface area contributed by atoms with Crippen LogP contribution >= 0.6 is 0 Å². The summed E-state index contributed by atoms with van der Waals surface area (Å²) in [5, 5.41) is 0. The number of para-hydroxylation sites is 2. The lowest BCUT2D eigenvalue weighted by Crippen LogP contribution is -2.39. The minimum atomic E-state index is -0.381. The maximum atomic E-state index is 13.0. The molecule has 2 aromatic carbocycles. The van der Waals surface area contributed by atoms with Gasteiger partial charge in [-0.25, -0.2) is 4.79 Å². The average Bonchev–Trinajstić information content (AvgIpc) is 2.79. The first kappa shape index (κ1) is 21.9. The Morgan fingerprint density at radius 2 is 1.80 bits per heavy atom. The summed E-state index contributed by atoms with van der Waals surface area (Å²) in [4.78, 5) is 17.0. The Balaban J connectivity index is 1.70. The zero-order valence-electron chi connectivity index (χ0n) is 17.7. The molecule has 1 heterocycles. The minimum Gasteiger partial charge on any atom is -0.493 e. The molecule has 30 heavy (non-hydrogen) atoms. The number of ether oxygens (including phenoxy) is 4. The number of rotatable bonds is 9. The first-order chi connectivity index (χ1) is 14.7. The first-order valence-electron chi connectivity index (χ1n) is 10.2. The van der Waals surface area contributed by atoms with Crippen LogP contribution in [0.25, 0.3) is 0 Å². The van der Waals surface area contributed by atoms with Crippen LogP contribution in [0.5, 0.6) is 17.2 Å². The molecule has 1 fully saturated rings. The molecule has 0 saturated carbocycles. The highest BCUT2D eigenvalue weighted by Gasteiger charge is 2.20. The number of hydrogen-bond acceptors (Lipinski definition) is 6. The van der Waals surface area contributed by atoms with Crippen LogP contribution in [0, 0.1) is 0 Å². The summed E-state index contributed by atoms with van der Waals surface area (Å²) in [7, 11) is 3.21. The SMILES string of the molecule is COc1cccc(CN(CCCN2CCOCC2)C(=O)Oc2ccccc2)c1OC. The highest BCUT2D eigenvalue weighted by molar-refractivity contribution is 5.71. The Hall–Kier alpha value is -2.77. The molecule has 162 valence electrons. The normalized spacial score (nSPS) is 14.2. The van der Waals surface area contributed by atoms with Gasteiger partial charge in [-0.15, -0.1) is 0 Å². The van der Waals surface area contributed by atoms with Crippen molar-refractivity contribution in [3.05, 3.63) is 54.1 Å². The van der Waals surface area contributed by atoms with Crippen LogP contribution in [0.2, 0.25) is 0 Å². The van der Waals surface area contributed by atoms with Gasteiger partial charge in [-0.05, 0) is 24.6 Å². The lowest BCUT2D eigenvalue weighted by molar-refractivity contribution is 0.0361. The van der Waals surface area contributed by atoms with E-state index in [2.05, 4.69) is 4.90 Å². The highest BCUT2D eigenvalue weighted by Crippen LogP contribution is 2.31. The van der Waals surface area contributed by atoms with Crippen molar-refractivity contribution in [1.29, 1.82) is 0 Å². The molecule has 1 saturated heterocycles. The quantitative estimate of drug-likeness (QED) is 0.627. The van der Waals surface area contributed by atoms with Gasteiger partial charge in [-0.3, -0.25) is 4.90 Å². The van der Waals surface area contributed by atoms with Crippen molar-refractivity contribution in [1.82, 2.24) is 9.80 Å². The Labute approximate surface area is 178 Å². The molecule has 1 aliphatic heterocycles. The molecule has 0 atom stereocenters. The largest absolute Gasteiger partial charge is 0.493 e. The number of benzene rings is 2. The van der Waals surface area contributed by atoms with Crippen LogP contribution in [0.3, 0.4) is 0 Å². The number of carbonyl (C=O) groups is 1. The second-order valence-electron chi connectivity index (χ2n) is 7.06. The van der Waals surface area contributed by atoms with Crippen LogP contribution in [-0.4, -0.2) is 69.5 Å². The number of methoxy groups -OCH3 is 2. The number of morpholine rings is 1. The molecule has 7 heteroatoms. The Kier molecular flexibility index (Phi) is 8.35. The van der Waals surface area contributed by atoms with E-state index in [9.17, 15) is 4.79 Å². The molecular weight excluding hydrogens is 384 g/mol. The summed E-state index contributed by atoms with van der Waals surface area (Å²) < 4.78 is 21.9. The maximum absolute atomic E-state index is 13.0. The zero-order chi connectivity index (χ0) is 21.2. The average molecular weight is 415 g/mol. The second kappa shape index (κ2) is 11.4. The van der Waals surface area contributed by atoms with Gasteiger partial charge in [0.2, 0.25) is 0 Å². The Morgan fingerprint density at radius 3 is 2.50 bits per heavy atom. The maximum Gasteiger partial charge on any atom is 0.415 e. The number of carbonyl (C=O) groups excluding carboxylic acids is 1. The third kappa shape index (κ3) is 6.11. The van der Waals surface area contributed by atoms with Crippen LogP contribution in [-0.2, 0) is 11.3 Å². The third-order valence-corrected chi connectivity index (χ3v) is 5.06. The lowest BCUT2D eigenvalue weighted by Gasteiger charge is -2.28. The van der Waals surface area contributed by atoms with Crippen molar-refractivity contribution >= 4 is 6.09 Å². The van der Waals surface area contributed by atoms with E-state index in [-0.39, 0.29) is 6.09 Å². The van der Waals surface area contributed by atoms with Crippen molar-refractivity contribution in [2.75, 3.05) is 53.6 Å². The summed E-state index contributed by atoms with van der Waals surface area (Å²) in [5.74, 6) is 1.80. The van der Waals surface area contributed by atoms with Gasteiger partial charge in [-0.1, -0.05) is 30.3 Å². The second-order valence-corrected chi connectivity index (χ2v) is 7.06. The summed E-state index contributed by atoms with van der Waals surface area (Å²) in [6.45, 7) is 5.24. The summed E-state index contributed by atoms with van der Waals surface area (Å²) in [6.07, 6.45) is 0.462. The van der Waals surface area contributed by atoms with E-state index in [1.165, 1.54) is 0 Å². The number of amides is 1. The molecule has 3 rings (SSSR count). The summed E-state index contributed by atoms with van der Waals surface area (Å²) in [5.41, 5.74) is 0.869. The van der Waals surface area contributed by atoms with E-state index < -0.39 is 0 Å². The molecule has 7 nitrogen and oxygen atoms in total. The van der Waals surface area contributed by atoms with Crippen molar-refractivity contribution in [2.45, 2.75) is 13.0 Å². The topological polar surface area (TPSA) is 60.5 Å².